The van der Waals surface area contributed by atoms with Crippen LogP contribution < -0.4 is 10.6 Å². The Hall–Kier alpha value is -3.19. The zero-order valence-corrected chi connectivity index (χ0v) is 17.1. The monoisotopic (exact) mass is 395 g/mol. The third kappa shape index (κ3) is 5.20. The first-order chi connectivity index (χ1) is 13.7. The molecule has 0 spiro atoms. The fourth-order valence-corrected chi connectivity index (χ4v) is 3.16. The summed E-state index contributed by atoms with van der Waals surface area (Å²) in [6.45, 7) is 4.59. The van der Waals surface area contributed by atoms with E-state index in [0.717, 1.165) is 22.3 Å². The van der Waals surface area contributed by atoms with Crippen LogP contribution in [-0.4, -0.2) is 36.0 Å². The van der Waals surface area contributed by atoms with Gasteiger partial charge in [-0.1, -0.05) is 25.1 Å². The second-order valence-electron chi connectivity index (χ2n) is 7.79. The number of halogens is 1. The lowest BCUT2D eigenvalue weighted by atomic mass is 10.1. The first kappa shape index (κ1) is 20.5. The molecule has 1 aliphatic rings. The zero-order valence-electron chi connectivity index (χ0n) is 17.1. The highest BCUT2D eigenvalue weighted by Gasteiger charge is 2.25. The number of carbonyl (C=O) groups is 1. The number of nitrogens with one attached hydrogen (secondary N) is 2. The van der Waals surface area contributed by atoms with E-state index in [4.69, 9.17) is 0 Å². The molecule has 1 aromatic heterocycles. The molecule has 7 heteroatoms. The number of nitrogens with zero attached hydrogens (tertiary/aromatic N) is 3. The lowest BCUT2D eigenvalue weighted by Crippen LogP contribution is -2.46. The van der Waals surface area contributed by atoms with Crippen LogP contribution in [0.4, 0.5) is 10.1 Å². The van der Waals surface area contributed by atoms with Gasteiger partial charge in [0.25, 0.3) is 5.91 Å². The van der Waals surface area contributed by atoms with Crippen LogP contribution in [0.3, 0.4) is 0 Å². The van der Waals surface area contributed by atoms with Gasteiger partial charge in [-0.2, -0.15) is 6.20 Å². The predicted octanol–water partition coefficient (Wildman–Crippen LogP) is 4.21. The van der Waals surface area contributed by atoms with Crippen molar-refractivity contribution in [2.75, 3.05) is 26.0 Å². The summed E-state index contributed by atoms with van der Waals surface area (Å²) >= 11 is 0. The summed E-state index contributed by atoms with van der Waals surface area (Å²) in [5.41, 5.74) is 2.91. The molecule has 1 unspecified atom stereocenters. The molecule has 0 saturated carbocycles. The van der Waals surface area contributed by atoms with Gasteiger partial charge in [-0.3, -0.25) is 14.3 Å². The van der Waals surface area contributed by atoms with Crippen molar-refractivity contribution in [2.24, 2.45) is 0 Å². The van der Waals surface area contributed by atoms with Gasteiger partial charge in [0.1, 0.15) is 24.3 Å². The second kappa shape index (κ2) is 8.45. The molecule has 0 bridgehead atoms. The minimum absolute atomic E-state index is 0.123. The van der Waals surface area contributed by atoms with Crippen molar-refractivity contribution in [3.05, 3.63) is 88.8 Å². The number of amides is 1. The molecule has 0 saturated heterocycles. The average Bonchev–Trinajstić information content (AvgIpc) is 2.65. The van der Waals surface area contributed by atoms with Gasteiger partial charge in [-0.15, -0.1) is 0 Å². The highest BCUT2D eigenvalue weighted by atomic mass is 19.1. The molecule has 2 N–H and O–H groups in total. The topological polar surface area (TPSA) is 68.1 Å². The molecule has 152 valence electrons. The van der Waals surface area contributed by atoms with Crippen LogP contribution in [0.2, 0.25) is 0 Å². The third-order valence-corrected chi connectivity index (χ3v) is 4.60. The number of quaternary nitrogens is 1. The van der Waals surface area contributed by atoms with Gasteiger partial charge in [0.15, 0.2) is 0 Å². The van der Waals surface area contributed by atoms with Crippen molar-refractivity contribution in [3.63, 3.8) is 0 Å². The summed E-state index contributed by atoms with van der Waals surface area (Å²) in [5.74, 6) is -0.888. The summed E-state index contributed by atoms with van der Waals surface area (Å²) < 4.78 is 15.8. The molecule has 0 fully saturated rings. The van der Waals surface area contributed by atoms with Crippen LogP contribution in [0.5, 0.6) is 0 Å². The van der Waals surface area contributed by atoms with Gasteiger partial charge >= 0.3 is 0 Å². The van der Waals surface area contributed by atoms with Crippen molar-refractivity contribution < 1.29 is 13.7 Å². The summed E-state index contributed by atoms with van der Waals surface area (Å²) in [5, 5.41) is 10.2. The van der Waals surface area contributed by atoms with E-state index in [1.807, 2.05) is 6.92 Å². The van der Waals surface area contributed by atoms with Gasteiger partial charge < -0.3 is 16.0 Å². The minimum Gasteiger partial charge on any atom is -0.683 e. The Labute approximate surface area is 170 Å². The lowest BCUT2D eigenvalue weighted by Gasteiger charge is -2.34. The number of aryl methyl sites for hydroxylation is 1. The van der Waals surface area contributed by atoms with Crippen LogP contribution in [0.25, 0.3) is 5.32 Å². The van der Waals surface area contributed by atoms with E-state index in [2.05, 4.69) is 41.2 Å². The van der Waals surface area contributed by atoms with E-state index in [1.165, 1.54) is 12.3 Å². The Bertz CT molecular complexity index is 967. The van der Waals surface area contributed by atoms with Crippen molar-refractivity contribution in [1.29, 1.82) is 0 Å². The van der Waals surface area contributed by atoms with Crippen molar-refractivity contribution in [3.8, 4) is 0 Å². The number of benzene rings is 1. The molecular formula is C22H26FN5O. The zero-order chi connectivity index (χ0) is 21.0. The van der Waals surface area contributed by atoms with Crippen molar-refractivity contribution in [2.45, 2.75) is 19.9 Å². The number of aromatic nitrogens is 1. The number of hydrogen-bond acceptors (Lipinski definition) is 3. The molecule has 1 aliphatic heterocycles. The number of pyridine rings is 1. The molecule has 0 aliphatic carbocycles. The highest BCUT2D eigenvalue weighted by molar-refractivity contribution is 6.04. The van der Waals surface area contributed by atoms with E-state index < -0.39 is 17.8 Å². The molecule has 2 heterocycles. The molecular weight excluding hydrogens is 369 g/mol. The molecule has 1 aromatic carbocycles. The maximum absolute atomic E-state index is 14.9. The predicted molar refractivity (Wildman–Crippen MR) is 112 cm³/mol. The number of likely N-dealkylation sites (N-methyl/N-ethyl adjacent to an activating group) is 1. The van der Waals surface area contributed by atoms with Gasteiger partial charge in [0, 0.05) is 12.4 Å². The summed E-state index contributed by atoms with van der Waals surface area (Å²) in [4.78, 5) is 16.4. The second-order valence-corrected chi connectivity index (χ2v) is 7.79. The standard InChI is InChI=1S/C22H26FN5O/c1-15-10-17(12-24-11-15)22(29)27-20-7-5-6-19(21(20)23)16(2)25-8-9-26-18-13-28(3,4)14-18/h5-13,16,26H,14H2,1-4H3,(H,27,29). The first-order valence-electron chi connectivity index (χ1n) is 9.42. The van der Waals surface area contributed by atoms with E-state index in [0.29, 0.717) is 11.1 Å². The van der Waals surface area contributed by atoms with Gasteiger partial charge in [0.2, 0.25) is 0 Å². The number of carbonyl (C=O) groups excluding carboxylic acids is 1. The fourth-order valence-electron chi connectivity index (χ4n) is 3.16. The van der Waals surface area contributed by atoms with Gasteiger partial charge in [0.05, 0.1) is 25.3 Å². The molecule has 0 radical (unpaired) electrons. The van der Waals surface area contributed by atoms with Crippen LogP contribution in [-0.2, 0) is 0 Å². The number of rotatable bonds is 7. The third-order valence-electron chi connectivity index (χ3n) is 4.60. The van der Waals surface area contributed by atoms with E-state index in [1.54, 1.807) is 43.7 Å². The Morgan fingerprint density at radius 1 is 1.34 bits per heavy atom. The van der Waals surface area contributed by atoms with Crippen LogP contribution in [0, 0.1) is 12.7 Å². The smallest absolute Gasteiger partial charge is 0.257 e. The molecule has 1 amide bonds. The van der Waals surface area contributed by atoms with Gasteiger partial charge in [-0.25, -0.2) is 4.39 Å². The SMILES string of the molecule is Cc1cncc(C(=O)Nc2cccc(C(C)[N-]C=CNC3=C[N+](C)(C)C3)c2F)c1. The lowest BCUT2D eigenvalue weighted by molar-refractivity contribution is -0.853. The Morgan fingerprint density at radius 2 is 2.10 bits per heavy atom. The quantitative estimate of drug-likeness (QED) is 0.690. The molecule has 2 aromatic rings. The van der Waals surface area contributed by atoms with Crippen LogP contribution in [0.15, 0.2) is 61.0 Å². The van der Waals surface area contributed by atoms with Crippen LogP contribution >= 0.6 is 0 Å². The van der Waals surface area contributed by atoms with Crippen molar-refractivity contribution in [1.82, 2.24) is 10.3 Å². The fraction of sp³-hybridized carbons (Fsp3) is 0.273. The maximum Gasteiger partial charge on any atom is 0.257 e. The Morgan fingerprint density at radius 3 is 2.79 bits per heavy atom. The van der Waals surface area contributed by atoms with E-state index in [9.17, 15) is 9.18 Å². The summed E-state index contributed by atoms with van der Waals surface area (Å²) in [6, 6.07) is 6.22. The van der Waals surface area contributed by atoms with E-state index in [-0.39, 0.29) is 5.69 Å². The van der Waals surface area contributed by atoms with E-state index >= 15 is 0 Å². The highest BCUT2D eigenvalue weighted by Crippen LogP contribution is 2.28. The average molecular weight is 395 g/mol. The van der Waals surface area contributed by atoms with Gasteiger partial charge in [-0.05, 0) is 36.4 Å². The number of anilines is 1. The molecule has 29 heavy (non-hydrogen) atoms. The molecule has 6 nitrogen and oxygen atoms in total. The Balaban J connectivity index is 1.62. The largest absolute Gasteiger partial charge is 0.683 e. The Kier molecular flexibility index (Phi) is 5.98. The summed E-state index contributed by atoms with van der Waals surface area (Å²) in [7, 11) is 4.23. The minimum atomic E-state index is -0.486. The first-order valence-corrected chi connectivity index (χ1v) is 9.42. The number of hydrogen-bond donors (Lipinski definition) is 2. The van der Waals surface area contributed by atoms with Crippen LogP contribution in [0.1, 0.15) is 34.5 Å². The van der Waals surface area contributed by atoms with Crippen molar-refractivity contribution >= 4 is 11.6 Å². The maximum atomic E-state index is 14.9. The normalized spacial score (nSPS) is 16.0. The molecule has 1 atom stereocenters. The molecule has 3 rings (SSSR count). The summed E-state index contributed by atoms with van der Waals surface area (Å²) in [6.07, 6.45) is 8.61.